The van der Waals surface area contributed by atoms with Gasteiger partial charge in [0.2, 0.25) is 0 Å². The molecule has 0 aliphatic heterocycles. The van der Waals surface area contributed by atoms with E-state index in [0.29, 0.717) is 23.7 Å². The van der Waals surface area contributed by atoms with Crippen molar-refractivity contribution in [2.45, 2.75) is 13.5 Å². The van der Waals surface area contributed by atoms with Gasteiger partial charge in [-0.05, 0) is 12.1 Å². The van der Waals surface area contributed by atoms with Crippen molar-refractivity contribution in [2.75, 3.05) is 18.1 Å². The zero-order valence-corrected chi connectivity index (χ0v) is 11.1. The van der Waals surface area contributed by atoms with Crippen LogP contribution in [0.3, 0.4) is 0 Å². The summed E-state index contributed by atoms with van der Waals surface area (Å²) in [5.41, 5.74) is 0.475. The molecule has 0 saturated heterocycles. The average molecular weight is 280 g/mol. The van der Waals surface area contributed by atoms with Gasteiger partial charge in [-0.2, -0.15) is 0 Å². The quantitative estimate of drug-likeness (QED) is 0.810. The molecule has 96 valence electrons. The fourth-order valence-corrected chi connectivity index (χ4v) is 2.16. The van der Waals surface area contributed by atoms with Crippen LogP contribution in [0.4, 0.5) is 4.39 Å². The maximum atomic E-state index is 13.3. The Bertz CT molecular complexity index is 476. The Kier molecular flexibility index (Phi) is 5.36. The maximum absolute atomic E-state index is 13.3. The standard InChI is InChI=1S/C11H15ClFNO2S/c1-2-17(15,16)6-5-14-8-9-3-4-10(12)7-11(9)13/h3-4,7,14H,2,5-6,8H2,1H3. The summed E-state index contributed by atoms with van der Waals surface area (Å²) in [4.78, 5) is 0. The smallest absolute Gasteiger partial charge is 0.151 e. The van der Waals surface area contributed by atoms with Gasteiger partial charge in [0, 0.05) is 29.4 Å². The van der Waals surface area contributed by atoms with E-state index in [4.69, 9.17) is 11.6 Å². The van der Waals surface area contributed by atoms with Gasteiger partial charge in [-0.3, -0.25) is 0 Å². The Hall–Kier alpha value is -0.650. The summed E-state index contributed by atoms with van der Waals surface area (Å²) in [5, 5.41) is 3.24. The summed E-state index contributed by atoms with van der Waals surface area (Å²) in [6.45, 7) is 2.22. The topological polar surface area (TPSA) is 46.2 Å². The molecular formula is C11H15ClFNO2S. The van der Waals surface area contributed by atoms with Crippen molar-refractivity contribution in [1.82, 2.24) is 5.32 Å². The Morgan fingerprint density at radius 1 is 1.41 bits per heavy atom. The highest BCUT2D eigenvalue weighted by Gasteiger charge is 2.07. The highest BCUT2D eigenvalue weighted by atomic mass is 35.5. The van der Waals surface area contributed by atoms with E-state index < -0.39 is 9.84 Å². The van der Waals surface area contributed by atoms with E-state index in [9.17, 15) is 12.8 Å². The largest absolute Gasteiger partial charge is 0.312 e. The summed E-state index contributed by atoms with van der Waals surface area (Å²) in [6.07, 6.45) is 0. The van der Waals surface area contributed by atoms with E-state index in [1.54, 1.807) is 19.1 Å². The number of hydrogen-bond acceptors (Lipinski definition) is 3. The zero-order valence-electron chi connectivity index (χ0n) is 9.54. The lowest BCUT2D eigenvalue weighted by molar-refractivity contribution is 0.583. The van der Waals surface area contributed by atoms with E-state index in [1.807, 2.05) is 0 Å². The summed E-state index contributed by atoms with van der Waals surface area (Å²) < 4.78 is 35.7. The molecule has 0 fully saturated rings. The number of hydrogen-bond donors (Lipinski definition) is 1. The number of halogens is 2. The molecule has 0 atom stereocenters. The van der Waals surface area contributed by atoms with Gasteiger partial charge in [-0.15, -0.1) is 0 Å². The molecule has 0 heterocycles. The van der Waals surface area contributed by atoms with Crippen LogP contribution in [0.1, 0.15) is 12.5 Å². The van der Waals surface area contributed by atoms with Crippen LogP contribution in [0, 0.1) is 5.82 Å². The molecule has 1 aromatic carbocycles. The van der Waals surface area contributed by atoms with E-state index >= 15 is 0 Å². The van der Waals surface area contributed by atoms with Crippen LogP contribution in [0.15, 0.2) is 18.2 Å². The SMILES string of the molecule is CCS(=O)(=O)CCNCc1ccc(Cl)cc1F. The fourth-order valence-electron chi connectivity index (χ4n) is 1.26. The Morgan fingerprint density at radius 3 is 2.71 bits per heavy atom. The summed E-state index contributed by atoms with van der Waals surface area (Å²) >= 11 is 5.62. The monoisotopic (exact) mass is 279 g/mol. The van der Waals surface area contributed by atoms with Gasteiger partial charge in [0.15, 0.2) is 9.84 Å². The lowest BCUT2D eigenvalue weighted by Crippen LogP contribution is -2.23. The molecule has 17 heavy (non-hydrogen) atoms. The molecule has 1 N–H and O–H groups in total. The van der Waals surface area contributed by atoms with Crippen LogP contribution >= 0.6 is 11.6 Å². The minimum absolute atomic E-state index is 0.0682. The Balaban J connectivity index is 2.41. The first kappa shape index (κ1) is 14.4. The van der Waals surface area contributed by atoms with Gasteiger partial charge in [0.1, 0.15) is 5.82 Å². The highest BCUT2D eigenvalue weighted by molar-refractivity contribution is 7.91. The molecule has 1 rings (SSSR count). The first-order valence-corrected chi connectivity index (χ1v) is 7.49. The molecule has 0 aromatic heterocycles. The van der Waals surface area contributed by atoms with Crippen molar-refractivity contribution < 1.29 is 12.8 Å². The minimum Gasteiger partial charge on any atom is -0.312 e. The van der Waals surface area contributed by atoms with E-state index in [-0.39, 0.29) is 17.3 Å². The number of rotatable bonds is 6. The number of sulfone groups is 1. The molecule has 0 saturated carbocycles. The molecule has 0 amide bonds. The van der Waals surface area contributed by atoms with Gasteiger partial charge in [0.25, 0.3) is 0 Å². The average Bonchev–Trinajstić information content (AvgIpc) is 2.27. The van der Waals surface area contributed by atoms with Crippen molar-refractivity contribution in [3.63, 3.8) is 0 Å². The van der Waals surface area contributed by atoms with E-state index in [1.165, 1.54) is 6.07 Å². The van der Waals surface area contributed by atoms with Crippen LogP contribution < -0.4 is 5.32 Å². The van der Waals surface area contributed by atoms with Crippen LogP contribution in [-0.4, -0.2) is 26.5 Å². The first-order valence-electron chi connectivity index (χ1n) is 5.29. The third-order valence-electron chi connectivity index (χ3n) is 2.36. The molecule has 0 aliphatic rings. The third kappa shape index (κ3) is 5.02. The van der Waals surface area contributed by atoms with Crippen LogP contribution in [0.25, 0.3) is 0 Å². The van der Waals surface area contributed by atoms with Gasteiger partial charge < -0.3 is 5.32 Å². The van der Waals surface area contributed by atoms with Gasteiger partial charge >= 0.3 is 0 Å². The minimum atomic E-state index is -2.97. The molecule has 0 unspecified atom stereocenters. The molecule has 0 spiro atoms. The zero-order chi connectivity index (χ0) is 12.9. The molecule has 0 aliphatic carbocycles. The van der Waals surface area contributed by atoms with Crippen LogP contribution in [0.5, 0.6) is 0 Å². The fraction of sp³-hybridized carbons (Fsp3) is 0.455. The molecular weight excluding hydrogens is 265 g/mol. The van der Waals surface area contributed by atoms with Crippen molar-refractivity contribution >= 4 is 21.4 Å². The maximum Gasteiger partial charge on any atom is 0.151 e. The van der Waals surface area contributed by atoms with Gasteiger partial charge in [0.05, 0.1) is 5.75 Å². The Morgan fingerprint density at radius 2 is 2.12 bits per heavy atom. The molecule has 6 heteroatoms. The van der Waals surface area contributed by atoms with Gasteiger partial charge in [-0.25, -0.2) is 12.8 Å². The lowest BCUT2D eigenvalue weighted by Gasteiger charge is -2.06. The predicted octanol–water partition coefficient (Wildman–Crippen LogP) is 2.00. The van der Waals surface area contributed by atoms with Crippen molar-refractivity contribution in [1.29, 1.82) is 0 Å². The second-order valence-electron chi connectivity index (χ2n) is 3.65. The van der Waals surface area contributed by atoms with Gasteiger partial charge in [-0.1, -0.05) is 24.6 Å². The second kappa shape index (κ2) is 6.33. The summed E-state index contributed by atoms with van der Waals surface area (Å²) in [5.74, 6) is -0.189. The molecule has 3 nitrogen and oxygen atoms in total. The lowest BCUT2D eigenvalue weighted by atomic mass is 10.2. The Labute approximate surface area is 106 Å². The summed E-state index contributed by atoms with van der Waals surface area (Å²) in [6, 6.07) is 4.42. The first-order chi connectivity index (χ1) is 7.94. The van der Waals surface area contributed by atoms with Crippen molar-refractivity contribution in [3.05, 3.63) is 34.6 Å². The number of benzene rings is 1. The molecule has 0 radical (unpaired) electrons. The molecule has 1 aromatic rings. The van der Waals surface area contributed by atoms with Crippen molar-refractivity contribution in [2.24, 2.45) is 0 Å². The molecule has 0 bridgehead atoms. The van der Waals surface area contributed by atoms with E-state index in [0.717, 1.165) is 0 Å². The predicted molar refractivity (Wildman–Crippen MR) is 67.4 cm³/mol. The van der Waals surface area contributed by atoms with Crippen LogP contribution in [0.2, 0.25) is 5.02 Å². The second-order valence-corrected chi connectivity index (χ2v) is 6.56. The summed E-state index contributed by atoms with van der Waals surface area (Å²) in [7, 11) is -2.97. The number of nitrogens with one attached hydrogen (secondary N) is 1. The van der Waals surface area contributed by atoms with Crippen LogP contribution in [-0.2, 0) is 16.4 Å². The van der Waals surface area contributed by atoms with Crippen molar-refractivity contribution in [3.8, 4) is 0 Å². The highest BCUT2D eigenvalue weighted by Crippen LogP contribution is 2.14. The normalized spacial score (nSPS) is 11.7. The van der Waals surface area contributed by atoms with E-state index in [2.05, 4.69) is 5.32 Å². The third-order valence-corrected chi connectivity index (χ3v) is 4.30.